The van der Waals surface area contributed by atoms with Gasteiger partial charge in [-0.05, 0) is 22.0 Å². The van der Waals surface area contributed by atoms with E-state index in [-0.39, 0.29) is 15.2 Å². The predicted molar refractivity (Wildman–Crippen MR) is 45.8 cm³/mol. The summed E-state index contributed by atoms with van der Waals surface area (Å²) in [6.07, 6.45) is 0. The Kier molecular flexibility index (Phi) is 2.64. The summed E-state index contributed by atoms with van der Waals surface area (Å²) in [5.74, 6) is -0.814. The van der Waals surface area contributed by atoms with E-state index in [9.17, 15) is 14.5 Å². The molecule has 0 spiro atoms. The smallest absolute Gasteiger partial charge is 0.258 e. The number of nitrogens with zero attached hydrogens (tertiary/aromatic N) is 1. The van der Waals surface area contributed by atoms with Crippen molar-refractivity contribution in [3.63, 3.8) is 0 Å². The molecule has 3 nitrogen and oxygen atoms in total. The lowest BCUT2D eigenvalue weighted by Crippen LogP contribution is -1.91. The van der Waals surface area contributed by atoms with Crippen molar-refractivity contribution < 1.29 is 9.31 Å². The van der Waals surface area contributed by atoms with E-state index in [1.807, 2.05) is 0 Å². The van der Waals surface area contributed by atoms with Gasteiger partial charge in [0.1, 0.15) is 4.47 Å². The normalized spacial score (nSPS) is 9.92. The number of nitro groups is 1. The minimum absolute atomic E-state index is 0.146. The summed E-state index contributed by atoms with van der Waals surface area (Å²) in [4.78, 5) is 9.56. The van der Waals surface area contributed by atoms with Gasteiger partial charge in [0.15, 0.2) is 5.82 Å². The van der Waals surface area contributed by atoms with E-state index >= 15 is 0 Å². The van der Waals surface area contributed by atoms with Crippen molar-refractivity contribution >= 4 is 33.2 Å². The lowest BCUT2D eigenvalue weighted by Gasteiger charge is -1.97. The third kappa shape index (κ3) is 1.56. The molecule has 0 atom stereocenters. The van der Waals surface area contributed by atoms with Gasteiger partial charge in [0.2, 0.25) is 0 Å². The molecular formula is C6H2BrClFNO2. The first-order valence-corrected chi connectivity index (χ1v) is 3.99. The molecule has 1 aromatic rings. The van der Waals surface area contributed by atoms with Gasteiger partial charge in [-0.1, -0.05) is 11.6 Å². The molecule has 0 fully saturated rings. The van der Waals surface area contributed by atoms with Crippen LogP contribution in [0.15, 0.2) is 16.6 Å². The second-order valence-electron chi connectivity index (χ2n) is 1.95. The van der Waals surface area contributed by atoms with Crippen LogP contribution in [0.25, 0.3) is 0 Å². The minimum Gasteiger partial charge on any atom is -0.258 e. The Morgan fingerprint density at radius 3 is 2.67 bits per heavy atom. The molecule has 0 heterocycles. The first-order chi connectivity index (χ1) is 5.54. The zero-order valence-electron chi connectivity index (χ0n) is 5.55. The predicted octanol–water partition coefficient (Wildman–Crippen LogP) is 3.15. The fraction of sp³-hybridized carbons (Fsp3) is 0. The van der Waals surface area contributed by atoms with Crippen molar-refractivity contribution in [2.24, 2.45) is 0 Å². The van der Waals surface area contributed by atoms with Crippen molar-refractivity contribution in [3.8, 4) is 0 Å². The minimum atomic E-state index is -0.814. The van der Waals surface area contributed by atoms with Crippen LogP contribution >= 0.6 is 27.5 Å². The maximum atomic E-state index is 12.9. The number of halogens is 3. The Morgan fingerprint density at radius 1 is 1.58 bits per heavy atom. The Hall–Kier alpha value is -0.680. The number of hydrogen-bond acceptors (Lipinski definition) is 2. The topological polar surface area (TPSA) is 43.1 Å². The molecule has 0 radical (unpaired) electrons. The molecule has 0 N–H and O–H groups in total. The highest BCUT2D eigenvalue weighted by Crippen LogP contribution is 2.31. The van der Waals surface area contributed by atoms with E-state index < -0.39 is 10.7 Å². The van der Waals surface area contributed by atoms with Crippen LogP contribution in [0.4, 0.5) is 10.1 Å². The SMILES string of the molecule is O=[N+]([O-])c1ccc(Cl)c(F)c1Br. The standard InChI is InChI=1S/C6H2BrClFNO2/c7-5-4(10(11)12)2-1-3(8)6(5)9/h1-2H. The van der Waals surface area contributed by atoms with Gasteiger partial charge in [0.25, 0.3) is 5.69 Å². The molecular weight excluding hydrogens is 252 g/mol. The Morgan fingerprint density at radius 2 is 2.17 bits per heavy atom. The molecule has 0 aliphatic carbocycles. The quantitative estimate of drug-likeness (QED) is 0.439. The molecule has 0 saturated heterocycles. The van der Waals surface area contributed by atoms with Crippen LogP contribution in [0.2, 0.25) is 5.02 Å². The molecule has 0 aliphatic rings. The monoisotopic (exact) mass is 253 g/mol. The van der Waals surface area contributed by atoms with Crippen LogP contribution in [-0.2, 0) is 0 Å². The summed E-state index contributed by atoms with van der Waals surface area (Å²) in [5, 5.41) is 10.1. The number of rotatable bonds is 1. The van der Waals surface area contributed by atoms with Gasteiger partial charge in [-0.2, -0.15) is 0 Å². The molecule has 0 aromatic heterocycles. The maximum Gasteiger partial charge on any atom is 0.286 e. The van der Waals surface area contributed by atoms with Crippen LogP contribution in [0.1, 0.15) is 0 Å². The highest BCUT2D eigenvalue weighted by Gasteiger charge is 2.17. The molecule has 0 amide bonds. The van der Waals surface area contributed by atoms with Crippen LogP contribution in [0.3, 0.4) is 0 Å². The summed E-state index contributed by atoms with van der Waals surface area (Å²) in [6, 6.07) is 2.27. The largest absolute Gasteiger partial charge is 0.286 e. The molecule has 6 heteroatoms. The zero-order chi connectivity index (χ0) is 9.30. The van der Waals surface area contributed by atoms with Gasteiger partial charge in [-0.25, -0.2) is 4.39 Å². The fourth-order valence-corrected chi connectivity index (χ4v) is 1.42. The summed E-state index contributed by atoms with van der Waals surface area (Å²) >= 11 is 8.09. The summed E-state index contributed by atoms with van der Waals surface area (Å²) < 4.78 is 12.6. The van der Waals surface area contributed by atoms with Crippen LogP contribution in [-0.4, -0.2) is 4.92 Å². The Bertz CT molecular complexity index is 345. The summed E-state index contributed by atoms with van der Waals surface area (Å²) in [7, 11) is 0. The number of nitro benzene ring substituents is 1. The van der Waals surface area contributed by atoms with Crippen molar-refractivity contribution in [2.45, 2.75) is 0 Å². The van der Waals surface area contributed by atoms with Gasteiger partial charge in [-0.3, -0.25) is 10.1 Å². The van der Waals surface area contributed by atoms with Crippen molar-refractivity contribution in [3.05, 3.63) is 37.6 Å². The van der Waals surface area contributed by atoms with Crippen LogP contribution in [0, 0.1) is 15.9 Å². The first kappa shape index (κ1) is 9.41. The number of hydrogen-bond donors (Lipinski definition) is 0. The fourth-order valence-electron chi connectivity index (χ4n) is 0.657. The zero-order valence-corrected chi connectivity index (χ0v) is 7.89. The van der Waals surface area contributed by atoms with E-state index in [2.05, 4.69) is 15.9 Å². The summed E-state index contributed by atoms with van der Waals surface area (Å²) in [6.45, 7) is 0. The first-order valence-electron chi connectivity index (χ1n) is 2.82. The van der Waals surface area contributed by atoms with E-state index in [4.69, 9.17) is 11.6 Å². The Balaban J connectivity index is 3.36. The van der Waals surface area contributed by atoms with Gasteiger partial charge in [0.05, 0.1) is 9.95 Å². The Labute approximate surface area is 80.4 Å². The third-order valence-electron chi connectivity index (χ3n) is 1.21. The lowest BCUT2D eigenvalue weighted by atomic mass is 10.3. The van der Waals surface area contributed by atoms with Gasteiger partial charge in [-0.15, -0.1) is 0 Å². The van der Waals surface area contributed by atoms with Crippen LogP contribution in [0.5, 0.6) is 0 Å². The highest BCUT2D eigenvalue weighted by molar-refractivity contribution is 9.10. The van der Waals surface area contributed by atoms with E-state index in [0.717, 1.165) is 12.1 Å². The van der Waals surface area contributed by atoms with E-state index in [1.165, 1.54) is 0 Å². The van der Waals surface area contributed by atoms with Crippen LogP contribution < -0.4 is 0 Å². The molecule has 0 bridgehead atoms. The van der Waals surface area contributed by atoms with E-state index in [0.29, 0.717) is 0 Å². The molecule has 0 aliphatic heterocycles. The molecule has 64 valence electrons. The second kappa shape index (κ2) is 3.37. The van der Waals surface area contributed by atoms with Crippen molar-refractivity contribution in [2.75, 3.05) is 0 Å². The molecule has 0 unspecified atom stereocenters. The number of benzene rings is 1. The average Bonchev–Trinajstić information content (AvgIpc) is 2.00. The van der Waals surface area contributed by atoms with E-state index in [1.54, 1.807) is 0 Å². The lowest BCUT2D eigenvalue weighted by molar-refractivity contribution is -0.385. The summed E-state index contributed by atoms with van der Waals surface area (Å²) in [5.41, 5.74) is -0.336. The van der Waals surface area contributed by atoms with Gasteiger partial charge in [0, 0.05) is 6.07 Å². The molecule has 12 heavy (non-hydrogen) atoms. The molecule has 1 aromatic carbocycles. The average molecular weight is 254 g/mol. The van der Waals surface area contributed by atoms with Crippen molar-refractivity contribution in [1.82, 2.24) is 0 Å². The maximum absolute atomic E-state index is 12.9. The molecule has 1 rings (SSSR count). The van der Waals surface area contributed by atoms with Crippen molar-refractivity contribution in [1.29, 1.82) is 0 Å². The third-order valence-corrected chi connectivity index (χ3v) is 2.26. The highest BCUT2D eigenvalue weighted by atomic mass is 79.9. The van der Waals surface area contributed by atoms with Gasteiger partial charge < -0.3 is 0 Å². The second-order valence-corrected chi connectivity index (χ2v) is 3.15. The van der Waals surface area contributed by atoms with Gasteiger partial charge >= 0.3 is 0 Å². The molecule has 0 saturated carbocycles.